The zero-order valence-corrected chi connectivity index (χ0v) is 13.3. The number of aryl methyl sites for hydroxylation is 1. The number of likely N-dealkylation sites (N-methyl/N-ethyl adjacent to an activating group) is 1. The van der Waals surface area contributed by atoms with Crippen LogP contribution in [-0.4, -0.2) is 50.0 Å². The molecule has 4 heteroatoms. The normalized spacial score (nSPS) is 16.2. The zero-order valence-electron chi connectivity index (χ0n) is 13.3. The molecule has 1 heterocycles. The summed E-state index contributed by atoms with van der Waals surface area (Å²) in [5.74, 6) is 0.827. The number of carbonyl (C=O) groups is 1. The van der Waals surface area contributed by atoms with Crippen LogP contribution in [0.1, 0.15) is 35.7 Å². The average Bonchev–Trinajstić information content (AvgIpc) is 2.53. The average molecular weight is 290 g/mol. The maximum absolute atomic E-state index is 12.6. The fraction of sp³-hybridized carbons (Fsp3) is 0.588. The van der Waals surface area contributed by atoms with E-state index in [4.69, 9.17) is 4.74 Å². The van der Waals surface area contributed by atoms with Gasteiger partial charge in [-0.05, 0) is 57.1 Å². The van der Waals surface area contributed by atoms with Crippen LogP contribution in [0.5, 0.6) is 5.75 Å². The van der Waals surface area contributed by atoms with Crippen LogP contribution in [0.2, 0.25) is 0 Å². The molecule has 1 aliphatic heterocycles. The number of piperidine rings is 1. The minimum atomic E-state index is 0.146. The van der Waals surface area contributed by atoms with Gasteiger partial charge < -0.3 is 10.1 Å². The summed E-state index contributed by atoms with van der Waals surface area (Å²) < 4.78 is 5.36. The van der Waals surface area contributed by atoms with E-state index in [9.17, 15) is 4.79 Å². The third-order valence-electron chi connectivity index (χ3n) is 4.24. The van der Waals surface area contributed by atoms with Gasteiger partial charge >= 0.3 is 0 Å². The van der Waals surface area contributed by atoms with Gasteiger partial charge in [0.05, 0.1) is 19.2 Å². The maximum atomic E-state index is 12.6. The minimum Gasteiger partial charge on any atom is -0.496 e. The van der Waals surface area contributed by atoms with Crippen molar-refractivity contribution in [2.24, 2.45) is 0 Å². The van der Waals surface area contributed by atoms with Crippen molar-refractivity contribution in [1.82, 2.24) is 10.2 Å². The second kappa shape index (κ2) is 7.57. The molecule has 0 aromatic heterocycles. The van der Waals surface area contributed by atoms with Crippen LogP contribution in [0, 0.1) is 6.92 Å². The van der Waals surface area contributed by atoms with E-state index in [-0.39, 0.29) is 5.78 Å². The summed E-state index contributed by atoms with van der Waals surface area (Å²) in [7, 11) is 1.62. The molecule has 0 aliphatic carbocycles. The highest BCUT2D eigenvalue weighted by Gasteiger charge is 2.23. The molecule has 0 saturated carbocycles. The number of benzene rings is 1. The Bertz CT molecular complexity index is 482. The van der Waals surface area contributed by atoms with E-state index in [1.165, 1.54) is 0 Å². The van der Waals surface area contributed by atoms with Gasteiger partial charge in [0, 0.05) is 6.04 Å². The van der Waals surface area contributed by atoms with Crippen molar-refractivity contribution in [3.63, 3.8) is 0 Å². The Morgan fingerprint density at radius 2 is 2.10 bits per heavy atom. The van der Waals surface area contributed by atoms with Crippen LogP contribution in [0.25, 0.3) is 0 Å². The van der Waals surface area contributed by atoms with Gasteiger partial charge in [0.15, 0.2) is 5.78 Å². The summed E-state index contributed by atoms with van der Waals surface area (Å²) in [5.41, 5.74) is 1.80. The molecule has 0 atom stereocenters. The van der Waals surface area contributed by atoms with Gasteiger partial charge in [-0.15, -0.1) is 0 Å². The zero-order chi connectivity index (χ0) is 15.2. The van der Waals surface area contributed by atoms with E-state index in [2.05, 4.69) is 17.1 Å². The molecule has 1 aromatic carbocycles. The van der Waals surface area contributed by atoms with Gasteiger partial charge in [0.2, 0.25) is 0 Å². The Balaban J connectivity index is 2.08. The predicted octanol–water partition coefficient (Wildman–Crippen LogP) is 2.26. The summed E-state index contributed by atoms with van der Waals surface area (Å²) in [5, 5.41) is 3.37. The van der Waals surface area contributed by atoms with Gasteiger partial charge in [-0.25, -0.2) is 0 Å². The number of hydrogen-bond acceptors (Lipinski definition) is 4. The lowest BCUT2D eigenvalue weighted by Gasteiger charge is -2.33. The lowest BCUT2D eigenvalue weighted by Crippen LogP contribution is -2.45. The summed E-state index contributed by atoms with van der Waals surface area (Å²) in [6, 6.07) is 6.29. The molecular formula is C17H26N2O2. The van der Waals surface area contributed by atoms with Crippen LogP contribution in [0.3, 0.4) is 0 Å². The molecule has 1 aliphatic rings. The molecule has 0 bridgehead atoms. The monoisotopic (exact) mass is 290 g/mol. The molecule has 0 radical (unpaired) electrons. The highest BCUT2D eigenvalue weighted by atomic mass is 16.5. The number of ether oxygens (including phenoxy) is 1. The molecule has 21 heavy (non-hydrogen) atoms. The quantitative estimate of drug-likeness (QED) is 0.816. The molecule has 2 rings (SSSR count). The Morgan fingerprint density at radius 1 is 1.38 bits per heavy atom. The standard InChI is InChI=1S/C17H26N2O2/c1-4-19(14-7-9-18-10-8-14)12-16(20)15-6-5-13(2)11-17(15)21-3/h5-6,11,14,18H,4,7-10,12H2,1-3H3. The lowest BCUT2D eigenvalue weighted by molar-refractivity contribution is 0.0871. The van der Waals surface area contributed by atoms with Gasteiger partial charge in [0.25, 0.3) is 0 Å². The van der Waals surface area contributed by atoms with Gasteiger partial charge in [-0.1, -0.05) is 13.0 Å². The van der Waals surface area contributed by atoms with Crippen LogP contribution in [-0.2, 0) is 0 Å². The van der Waals surface area contributed by atoms with Crippen molar-refractivity contribution in [2.75, 3.05) is 33.3 Å². The Morgan fingerprint density at radius 3 is 2.71 bits per heavy atom. The van der Waals surface area contributed by atoms with E-state index < -0.39 is 0 Å². The number of nitrogens with zero attached hydrogens (tertiary/aromatic N) is 1. The number of ketones is 1. The first-order valence-corrected chi connectivity index (χ1v) is 7.78. The second-order valence-corrected chi connectivity index (χ2v) is 5.67. The van der Waals surface area contributed by atoms with E-state index in [1.807, 2.05) is 25.1 Å². The highest BCUT2D eigenvalue weighted by Crippen LogP contribution is 2.21. The molecule has 1 saturated heterocycles. The van der Waals surface area contributed by atoms with Crippen molar-refractivity contribution < 1.29 is 9.53 Å². The van der Waals surface area contributed by atoms with E-state index in [0.717, 1.165) is 38.0 Å². The van der Waals surface area contributed by atoms with Crippen molar-refractivity contribution >= 4 is 5.78 Å². The number of methoxy groups -OCH3 is 1. The minimum absolute atomic E-state index is 0.146. The van der Waals surface area contributed by atoms with Crippen molar-refractivity contribution in [1.29, 1.82) is 0 Å². The first-order chi connectivity index (χ1) is 10.2. The van der Waals surface area contributed by atoms with Gasteiger partial charge in [0.1, 0.15) is 5.75 Å². The third kappa shape index (κ3) is 4.05. The van der Waals surface area contributed by atoms with Crippen LogP contribution >= 0.6 is 0 Å². The Labute approximate surface area is 127 Å². The van der Waals surface area contributed by atoms with Crippen LogP contribution < -0.4 is 10.1 Å². The van der Waals surface area contributed by atoms with Crippen molar-refractivity contribution in [3.05, 3.63) is 29.3 Å². The largest absolute Gasteiger partial charge is 0.496 e. The first-order valence-electron chi connectivity index (χ1n) is 7.78. The first kappa shape index (κ1) is 16.0. The molecule has 0 amide bonds. The summed E-state index contributed by atoms with van der Waals surface area (Å²) in [6.07, 6.45) is 2.23. The van der Waals surface area contributed by atoms with Gasteiger partial charge in [-0.2, -0.15) is 0 Å². The Kier molecular flexibility index (Phi) is 5.76. The molecular weight excluding hydrogens is 264 g/mol. The smallest absolute Gasteiger partial charge is 0.180 e. The number of hydrogen-bond donors (Lipinski definition) is 1. The van der Waals surface area contributed by atoms with Gasteiger partial charge in [-0.3, -0.25) is 9.69 Å². The van der Waals surface area contributed by atoms with Crippen molar-refractivity contribution in [2.45, 2.75) is 32.7 Å². The number of rotatable bonds is 6. The molecule has 4 nitrogen and oxygen atoms in total. The lowest BCUT2D eigenvalue weighted by atomic mass is 10.0. The molecule has 0 unspecified atom stereocenters. The molecule has 1 fully saturated rings. The fourth-order valence-electron chi connectivity index (χ4n) is 2.97. The number of nitrogens with one attached hydrogen (secondary N) is 1. The summed E-state index contributed by atoms with van der Waals surface area (Å²) >= 11 is 0. The van der Waals surface area contributed by atoms with E-state index in [1.54, 1.807) is 7.11 Å². The molecule has 1 N–H and O–H groups in total. The van der Waals surface area contributed by atoms with E-state index in [0.29, 0.717) is 23.9 Å². The number of Topliss-reactive ketones (excluding diaryl/α,β-unsaturated/α-hetero) is 1. The predicted molar refractivity (Wildman–Crippen MR) is 85.2 cm³/mol. The molecule has 0 spiro atoms. The fourth-order valence-corrected chi connectivity index (χ4v) is 2.97. The molecule has 1 aromatic rings. The summed E-state index contributed by atoms with van der Waals surface area (Å²) in [4.78, 5) is 14.9. The maximum Gasteiger partial charge on any atom is 0.180 e. The van der Waals surface area contributed by atoms with Crippen molar-refractivity contribution in [3.8, 4) is 5.75 Å². The molecule has 116 valence electrons. The topological polar surface area (TPSA) is 41.6 Å². The SMILES string of the molecule is CCN(CC(=O)c1ccc(C)cc1OC)C1CCNCC1. The summed E-state index contributed by atoms with van der Waals surface area (Å²) in [6.45, 7) is 7.60. The van der Waals surface area contributed by atoms with Crippen LogP contribution in [0.15, 0.2) is 18.2 Å². The second-order valence-electron chi connectivity index (χ2n) is 5.67. The number of carbonyl (C=O) groups excluding carboxylic acids is 1. The Hall–Kier alpha value is -1.39. The van der Waals surface area contributed by atoms with Crippen LogP contribution in [0.4, 0.5) is 0 Å². The highest BCUT2D eigenvalue weighted by molar-refractivity contribution is 6.00. The van der Waals surface area contributed by atoms with E-state index >= 15 is 0 Å². The third-order valence-corrected chi connectivity index (χ3v) is 4.24.